The third-order valence-corrected chi connectivity index (χ3v) is 7.76. The maximum absolute atomic E-state index is 11.9. The van der Waals surface area contributed by atoms with E-state index in [0.717, 1.165) is 44.1 Å². The van der Waals surface area contributed by atoms with Crippen molar-refractivity contribution in [2.24, 2.45) is 11.3 Å². The number of rotatable bonds is 7. The Bertz CT molecular complexity index is 848. The number of carbonyl (C=O) groups excluding carboxylic acids is 3. The van der Waals surface area contributed by atoms with Gasteiger partial charge in [0.15, 0.2) is 24.6 Å². The lowest BCUT2D eigenvalue weighted by atomic mass is 9.59. The van der Waals surface area contributed by atoms with Gasteiger partial charge in [-0.05, 0) is 69.3 Å². The van der Waals surface area contributed by atoms with Gasteiger partial charge in [-0.2, -0.15) is 0 Å². The standard InChI is InChI=1S/C26H40O9/c1-15(28)32-21-14-31-24(23(34-17(3)30)22(21)33-16(2)29)35-25(4,5)19-9-11-26(6)10-7-8-18(13-27)20(26)12-19/h19,21-24,27H,7-14H2,1-6H3. The van der Waals surface area contributed by atoms with Gasteiger partial charge in [-0.3, -0.25) is 14.4 Å². The van der Waals surface area contributed by atoms with E-state index in [1.165, 1.54) is 26.3 Å². The van der Waals surface area contributed by atoms with Crippen molar-refractivity contribution in [3.05, 3.63) is 11.1 Å². The number of carbonyl (C=O) groups is 3. The first kappa shape index (κ1) is 27.6. The summed E-state index contributed by atoms with van der Waals surface area (Å²) in [6.45, 7) is 10.00. The molecule has 0 aromatic rings. The second-order valence-corrected chi connectivity index (χ2v) is 10.8. The number of aliphatic hydroxyl groups is 1. The van der Waals surface area contributed by atoms with E-state index in [2.05, 4.69) is 6.92 Å². The highest BCUT2D eigenvalue weighted by molar-refractivity contribution is 5.68. The van der Waals surface area contributed by atoms with Crippen LogP contribution in [0, 0.1) is 11.3 Å². The molecule has 6 atom stereocenters. The summed E-state index contributed by atoms with van der Waals surface area (Å²) >= 11 is 0. The fourth-order valence-corrected chi connectivity index (χ4v) is 5.90. The Morgan fingerprint density at radius 1 is 1.03 bits per heavy atom. The van der Waals surface area contributed by atoms with Crippen molar-refractivity contribution in [1.29, 1.82) is 0 Å². The van der Waals surface area contributed by atoms with Gasteiger partial charge >= 0.3 is 17.9 Å². The molecule has 9 heteroatoms. The lowest BCUT2D eigenvalue weighted by Gasteiger charge is -2.49. The molecule has 0 amide bonds. The van der Waals surface area contributed by atoms with Crippen LogP contribution in [0.1, 0.15) is 80.1 Å². The molecule has 1 heterocycles. The molecule has 1 aliphatic heterocycles. The third kappa shape index (κ3) is 6.43. The van der Waals surface area contributed by atoms with Crippen LogP contribution in [-0.2, 0) is 38.1 Å². The van der Waals surface area contributed by atoms with Crippen LogP contribution < -0.4 is 0 Å². The molecule has 0 aromatic heterocycles. The molecule has 2 fully saturated rings. The van der Waals surface area contributed by atoms with Crippen molar-refractivity contribution in [1.82, 2.24) is 0 Å². The predicted octanol–water partition coefficient (Wildman–Crippen LogP) is 3.21. The van der Waals surface area contributed by atoms with Gasteiger partial charge in [-0.15, -0.1) is 0 Å². The molecule has 1 saturated carbocycles. The van der Waals surface area contributed by atoms with Crippen molar-refractivity contribution in [3.8, 4) is 0 Å². The average molecular weight is 497 g/mol. The van der Waals surface area contributed by atoms with Gasteiger partial charge in [0, 0.05) is 20.8 Å². The monoisotopic (exact) mass is 496 g/mol. The van der Waals surface area contributed by atoms with E-state index in [1.807, 2.05) is 13.8 Å². The smallest absolute Gasteiger partial charge is 0.303 e. The van der Waals surface area contributed by atoms with Crippen LogP contribution in [0.15, 0.2) is 11.1 Å². The predicted molar refractivity (Wildman–Crippen MR) is 125 cm³/mol. The Kier molecular flexibility index (Phi) is 8.65. The van der Waals surface area contributed by atoms with Crippen LogP contribution in [0.5, 0.6) is 0 Å². The molecule has 3 aliphatic rings. The van der Waals surface area contributed by atoms with Gasteiger partial charge in [0.05, 0.1) is 18.8 Å². The van der Waals surface area contributed by atoms with Crippen molar-refractivity contribution in [3.63, 3.8) is 0 Å². The minimum absolute atomic E-state index is 0.0708. The number of hydrogen-bond acceptors (Lipinski definition) is 9. The molecule has 2 aliphatic carbocycles. The molecule has 35 heavy (non-hydrogen) atoms. The highest BCUT2D eigenvalue weighted by Crippen LogP contribution is 2.53. The summed E-state index contributed by atoms with van der Waals surface area (Å²) in [7, 11) is 0. The van der Waals surface area contributed by atoms with Crippen molar-refractivity contribution in [2.45, 2.75) is 110 Å². The number of esters is 3. The Balaban J connectivity index is 1.83. The third-order valence-electron chi connectivity index (χ3n) is 7.76. The zero-order valence-electron chi connectivity index (χ0n) is 21.8. The van der Waals surface area contributed by atoms with Gasteiger partial charge < -0.3 is 28.8 Å². The number of aliphatic hydroxyl groups excluding tert-OH is 1. The quantitative estimate of drug-likeness (QED) is 0.322. The largest absolute Gasteiger partial charge is 0.456 e. The van der Waals surface area contributed by atoms with Gasteiger partial charge in [0.2, 0.25) is 0 Å². The van der Waals surface area contributed by atoms with E-state index in [1.54, 1.807) is 0 Å². The summed E-state index contributed by atoms with van der Waals surface area (Å²) in [5.74, 6) is -1.62. The number of fused-ring (bicyclic) bond motifs is 1. The first-order valence-corrected chi connectivity index (χ1v) is 12.5. The summed E-state index contributed by atoms with van der Waals surface area (Å²) in [4.78, 5) is 35.4. The van der Waals surface area contributed by atoms with E-state index in [9.17, 15) is 19.5 Å². The lowest BCUT2D eigenvalue weighted by molar-refractivity contribution is -0.309. The second kappa shape index (κ2) is 11.0. The van der Waals surface area contributed by atoms with E-state index in [-0.39, 0.29) is 24.5 Å². The molecular weight excluding hydrogens is 456 g/mol. The Morgan fingerprint density at radius 3 is 2.26 bits per heavy atom. The van der Waals surface area contributed by atoms with Crippen molar-refractivity contribution >= 4 is 17.9 Å². The SMILES string of the molecule is CC(=O)OC1COC(OC(C)(C)C2CCC3(C)CCCC(CO)=C3C2)C(OC(C)=O)C1OC(C)=O. The van der Waals surface area contributed by atoms with Crippen molar-refractivity contribution in [2.75, 3.05) is 13.2 Å². The summed E-state index contributed by atoms with van der Waals surface area (Å²) < 4.78 is 28.6. The topological polar surface area (TPSA) is 118 Å². The first-order chi connectivity index (χ1) is 16.4. The van der Waals surface area contributed by atoms with E-state index in [4.69, 9.17) is 23.7 Å². The second-order valence-electron chi connectivity index (χ2n) is 10.8. The van der Waals surface area contributed by atoms with E-state index >= 15 is 0 Å². The molecule has 0 aromatic carbocycles. The minimum atomic E-state index is -1.11. The van der Waals surface area contributed by atoms with Crippen LogP contribution in [0.25, 0.3) is 0 Å². The molecule has 1 saturated heterocycles. The maximum atomic E-state index is 11.9. The molecule has 6 unspecified atom stereocenters. The first-order valence-electron chi connectivity index (χ1n) is 12.5. The maximum Gasteiger partial charge on any atom is 0.303 e. The van der Waals surface area contributed by atoms with Crippen LogP contribution in [0.4, 0.5) is 0 Å². The Morgan fingerprint density at radius 2 is 1.66 bits per heavy atom. The van der Waals surface area contributed by atoms with E-state index in [0.29, 0.717) is 0 Å². The van der Waals surface area contributed by atoms with Crippen LogP contribution in [0.2, 0.25) is 0 Å². The van der Waals surface area contributed by atoms with Crippen LogP contribution in [-0.4, -0.2) is 66.4 Å². The molecule has 198 valence electrons. The number of allylic oxidation sites excluding steroid dienone is 1. The molecule has 9 nitrogen and oxygen atoms in total. The Hall–Kier alpha value is -1.97. The van der Waals surface area contributed by atoms with Crippen molar-refractivity contribution < 1.29 is 43.2 Å². The fraction of sp³-hybridized carbons (Fsp3) is 0.808. The number of hydrogen-bond donors (Lipinski definition) is 1. The summed E-state index contributed by atoms with van der Waals surface area (Å²) in [6, 6.07) is 0. The molecule has 3 rings (SSSR count). The molecule has 0 bridgehead atoms. The zero-order valence-corrected chi connectivity index (χ0v) is 21.8. The molecule has 1 N–H and O–H groups in total. The molecule has 0 spiro atoms. The minimum Gasteiger partial charge on any atom is -0.456 e. The molecule has 0 radical (unpaired) electrons. The highest BCUT2D eigenvalue weighted by Gasteiger charge is 2.51. The van der Waals surface area contributed by atoms with Gasteiger partial charge in [0.25, 0.3) is 0 Å². The zero-order chi connectivity index (χ0) is 26.0. The normalized spacial score (nSPS) is 33.5. The fourth-order valence-electron chi connectivity index (χ4n) is 5.90. The number of ether oxygens (including phenoxy) is 5. The lowest BCUT2D eigenvalue weighted by Crippen LogP contribution is -2.60. The van der Waals surface area contributed by atoms with Gasteiger partial charge in [-0.1, -0.05) is 12.5 Å². The average Bonchev–Trinajstić information content (AvgIpc) is 2.75. The molecular formula is C26H40O9. The van der Waals surface area contributed by atoms with Gasteiger partial charge in [0.1, 0.15) is 0 Å². The van der Waals surface area contributed by atoms with Crippen LogP contribution >= 0.6 is 0 Å². The van der Waals surface area contributed by atoms with Crippen LogP contribution in [0.3, 0.4) is 0 Å². The summed E-state index contributed by atoms with van der Waals surface area (Å²) in [6.07, 6.45) is 1.80. The Labute approximate surface area is 207 Å². The van der Waals surface area contributed by atoms with Gasteiger partial charge in [-0.25, -0.2) is 0 Å². The highest BCUT2D eigenvalue weighted by atomic mass is 16.7. The van der Waals surface area contributed by atoms with E-state index < -0.39 is 48.1 Å². The summed E-state index contributed by atoms with van der Waals surface area (Å²) in [5.41, 5.74) is 1.92. The summed E-state index contributed by atoms with van der Waals surface area (Å²) in [5, 5.41) is 9.97.